The number of hydrogen-bond acceptors (Lipinski definition) is 2. The lowest BCUT2D eigenvalue weighted by atomic mass is 10.1. The highest BCUT2D eigenvalue weighted by Gasteiger charge is 2.04. The molecule has 2 nitrogen and oxygen atoms in total. The summed E-state index contributed by atoms with van der Waals surface area (Å²) in [5.74, 6) is -0.258. The van der Waals surface area contributed by atoms with Gasteiger partial charge in [-0.2, -0.15) is 0 Å². The quantitative estimate of drug-likeness (QED) is 0.771. The van der Waals surface area contributed by atoms with Crippen molar-refractivity contribution in [3.8, 4) is 0 Å². The van der Waals surface area contributed by atoms with Crippen LogP contribution in [-0.4, -0.2) is 0 Å². The average Bonchev–Trinajstić information content (AvgIpc) is 2.27. The van der Waals surface area contributed by atoms with E-state index in [1.165, 1.54) is 6.07 Å². The highest BCUT2D eigenvalue weighted by molar-refractivity contribution is 5.66. The fraction of sp³-hybridized carbons (Fsp3) is 0.143. The zero-order chi connectivity index (χ0) is 12.4. The molecule has 3 N–H and O–H groups in total. The van der Waals surface area contributed by atoms with Crippen LogP contribution in [0.25, 0.3) is 0 Å². The summed E-state index contributed by atoms with van der Waals surface area (Å²) in [5.41, 5.74) is 9.74. The van der Waals surface area contributed by atoms with E-state index in [4.69, 9.17) is 5.73 Å². The topological polar surface area (TPSA) is 38.0 Å². The molecule has 88 valence electrons. The van der Waals surface area contributed by atoms with Crippen molar-refractivity contribution in [3.05, 3.63) is 53.3 Å². The van der Waals surface area contributed by atoms with Crippen LogP contribution >= 0.6 is 0 Å². The minimum absolute atomic E-state index is 0.258. The Bertz CT molecular complexity index is 550. The number of nitrogens with one attached hydrogen (secondary N) is 1. The van der Waals surface area contributed by atoms with E-state index < -0.39 is 0 Å². The minimum Gasteiger partial charge on any atom is -0.399 e. The molecule has 0 atom stereocenters. The Morgan fingerprint density at radius 2 is 1.76 bits per heavy atom. The Kier molecular flexibility index (Phi) is 3.00. The second-order valence-corrected chi connectivity index (χ2v) is 4.18. The van der Waals surface area contributed by atoms with Crippen LogP contribution in [0.15, 0.2) is 36.4 Å². The SMILES string of the molecule is Cc1ccc(F)c(Nc2ccc(N)cc2C)c1. The monoisotopic (exact) mass is 230 g/mol. The van der Waals surface area contributed by atoms with E-state index >= 15 is 0 Å². The lowest BCUT2D eigenvalue weighted by Crippen LogP contribution is -1.97. The molecule has 0 spiro atoms. The standard InChI is InChI=1S/C14H15FN2/c1-9-3-5-12(15)14(7-9)17-13-6-4-11(16)8-10(13)2/h3-8,17H,16H2,1-2H3. The van der Waals surface area contributed by atoms with Gasteiger partial charge < -0.3 is 11.1 Å². The van der Waals surface area contributed by atoms with Crippen LogP contribution in [0.5, 0.6) is 0 Å². The van der Waals surface area contributed by atoms with Gasteiger partial charge in [0.05, 0.1) is 5.69 Å². The van der Waals surface area contributed by atoms with E-state index in [1.807, 2.05) is 26.0 Å². The van der Waals surface area contributed by atoms with Crippen molar-refractivity contribution in [3.63, 3.8) is 0 Å². The number of nitrogen functional groups attached to an aromatic ring is 1. The second-order valence-electron chi connectivity index (χ2n) is 4.18. The average molecular weight is 230 g/mol. The van der Waals surface area contributed by atoms with Crippen molar-refractivity contribution in [2.75, 3.05) is 11.1 Å². The van der Waals surface area contributed by atoms with Crippen LogP contribution in [0.4, 0.5) is 21.5 Å². The van der Waals surface area contributed by atoms with Gasteiger partial charge in [-0.15, -0.1) is 0 Å². The lowest BCUT2D eigenvalue weighted by Gasteiger charge is -2.11. The fourth-order valence-electron chi connectivity index (χ4n) is 1.71. The normalized spacial score (nSPS) is 10.3. The van der Waals surface area contributed by atoms with E-state index in [0.29, 0.717) is 11.4 Å². The molecule has 0 fully saturated rings. The largest absolute Gasteiger partial charge is 0.399 e. The van der Waals surface area contributed by atoms with Gasteiger partial charge in [-0.1, -0.05) is 6.07 Å². The number of anilines is 3. The Morgan fingerprint density at radius 3 is 2.47 bits per heavy atom. The lowest BCUT2D eigenvalue weighted by molar-refractivity contribution is 0.631. The maximum absolute atomic E-state index is 13.6. The Balaban J connectivity index is 2.34. The molecule has 0 aromatic heterocycles. The summed E-state index contributed by atoms with van der Waals surface area (Å²) in [7, 11) is 0. The van der Waals surface area contributed by atoms with Crippen molar-refractivity contribution in [2.24, 2.45) is 0 Å². The zero-order valence-corrected chi connectivity index (χ0v) is 9.92. The first-order valence-electron chi connectivity index (χ1n) is 5.45. The van der Waals surface area contributed by atoms with Gasteiger partial charge in [0.2, 0.25) is 0 Å². The highest BCUT2D eigenvalue weighted by atomic mass is 19.1. The van der Waals surface area contributed by atoms with Gasteiger partial charge in [-0.3, -0.25) is 0 Å². The minimum atomic E-state index is -0.258. The summed E-state index contributed by atoms with van der Waals surface area (Å²) in [6.07, 6.45) is 0. The second kappa shape index (κ2) is 4.45. The van der Waals surface area contributed by atoms with Gasteiger partial charge in [0.15, 0.2) is 0 Å². The van der Waals surface area contributed by atoms with Crippen LogP contribution in [0, 0.1) is 19.7 Å². The number of halogens is 1. The van der Waals surface area contributed by atoms with Crippen molar-refractivity contribution < 1.29 is 4.39 Å². The van der Waals surface area contributed by atoms with Gasteiger partial charge >= 0.3 is 0 Å². The van der Waals surface area contributed by atoms with E-state index in [1.54, 1.807) is 18.2 Å². The van der Waals surface area contributed by atoms with E-state index in [-0.39, 0.29) is 5.82 Å². The maximum atomic E-state index is 13.6. The van der Waals surface area contributed by atoms with Crippen LogP contribution in [0.1, 0.15) is 11.1 Å². The molecule has 0 aliphatic rings. The Labute approximate surface area is 100 Å². The summed E-state index contributed by atoms with van der Waals surface area (Å²) >= 11 is 0. The number of aryl methyl sites for hydroxylation is 2. The molecular formula is C14H15FN2. The first kappa shape index (κ1) is 11.5. The molecule has 3 heteroatoms. The van der Waals surface area contributed by atoms with E-state index in [9.17, 15) is 4.39 Å². The molecule has 0 unspecified atom stereocenters. The van der Waals surface area contributed by atoms with Crippen LogP contribution in [0.2, 0.25) is 0 Å². The van der Waals surface area contributed by atoms with E-state index in [2.05, 4.69) is 5.32 Å². The smallest absolute Gasteiger partial charge is 0.146 e. The zero-order valence-electron chi connectivity index (χ0n) is 9.92. The number of benzene rings is 2. The maximum Gasteiger partial charge on any atom is 0.146 e. The molecule has 0 saturated carbocycles. The van der Waals surface area contributed by atoms with Gasteiger partial charge in [0.1, 0.15) is 5.82 Å². The third-order valence-corrected chi connectivity index (χ3v) is 2.64. The van der Waals surface area contributed by atoms with Crippen molar-refractivity contribution in [1.29, 1.82) is 0 Å². The third kappa shape index (κ3) is 2.56. The molecule has 0 aliphatic heterocycles. The molecular weight excluding hydrogens is 215 g/mol. The Hall–Kier alpha value is -2.03. The van der Waals surface area contributed by atoms with Crippen LogP contribution in [0.3, 0.4) is 0 Å². The molecule has 0 aliphatic carbocycles. The molecule has 17 heavy (non-hydrogen) atoms. The highest BCUT2D eigenvalue weighted by Crippen LogP contribution is 2.24. The van der Waals surface area contributed by atoms with Gasteiger partial charge in [-0.25, -0.2) is 4.39 Å². The summed E-state index contributed by atoms with van der Waals surface area (Å²) in [6.45, 7) is 3.87. The van der Waals surface area contributed by atoms with Gasteiger partial charge in [-0.05, 0) is 55.3 Å². The molecule has 0 saturated heterocycles. The first-order chi connectivity index (χ1) is 8.06. The van der Waals surface area contributed by atoms with Crippen LogP contribution < -0.4 is 11.1 Å². The summed E-state index contributed by atoms with van der Waals surface area (Å²) < 4.78 is 13.6. The van der Waals surface area contributed by atoms with Crippen molar-refractivity contribution in [2.45, 2.75) is 13.8 Å². The predicted octanol–water partition coefficient (Wildman–Crippen LogP) is 3.77. The molecule has 0 amide bonds. The first-order valence-corrected chi connectivity index (χ1v) is 5.45. The molecule has 0 radical (unpaired) electrons. The van der Waals surface area contributed by atoms with Gasteiger partial charge in [0.25, 0.3) is 0 Å². The Morgan fingerprint density at radius 1 is 1.00 bits per heavy atom. The summed E-state index contributed by atoms with van der Waals surface area (Å²) in [6, 6.07) is 10.5. The fourth-order valence-corrected chi connectivity index (χ4v) is 1.71. The van der Waals surface area contributed by atoms with Crippen molar-refractivity contribution >= 4 is 17.1 Å². The van der Waals surface area contributed by atoms with Gasteiger partial charge in [0, 0.05) is 11.4 Å². The van der Waals surface area contributed by atoms with E-state index in [0.717, 1.165) is 16.8 Å². The summed E-state index contributed by atoms with van der Waals surface area (Å²) in [5, 5.41) is 3.08. The molecule has 2 aromatic carbocycles. The number of rotatable bonds is 2. The predicted molar refractivity (Wildman–Crippen MR) is 70.0 cm³/mol. The number of nitrogens with two attached hydrogens (primary N) is 1. The molecule has 2 rings (SSSR count). The van der Waals surface area contributed by atoms with Crippen LogP contribution in [-0.2, 0) is 0 Å². The number of hydrogen-bond donors (Lipinski definition) is 2. The summed E-state index contributed by atoms with van der Waals surface area (Å²) in [4.78, 5) is 0. The molecule has 0 heterocycles. The molecule has 2 aromatic rings. The van der Waals surface area contributed by atoms with Crippen molar-refractivity contribution in [1.82, 2.24) is 0 Å². The molecule has 0 bridgehead atoms. The third-order valence-electron chi connectivity index (χ3n) is 2.64.